The van der Waals surface area contributed by atoms with E-state index in [9.17, 15) is 13.2 Å². The number of nitrogens with one attached hydrogen (secondary N) is 2. The maximum Gasteiger partial charge on any atom is 0.263 e. The highest BCUT2D eigenvalue weighted by atomic mass is 35.5. The van der Waals surface area contributed by atoms with Gasteiger partial charge in [0.25, 0.3) is 10.0 Å². The molecule has 0 aliphatic rings. The number of thiazole rings is 1. The number of carbonyl (C=O) groups is 1. The number of carbonyl (C=O) groups excluding carboxylic acids is 1. The lowest BCUT2D eigenvalue weighted by Gasteiger charge is -2.19. The number of anilines is 2. The van der Waals surface area contributed by atoms with Gasteiger partial charge in [-0.2, -0.15) is 0 Å². The van der Waals surface area contributed by atoms with E-state index in [4.69, 9.17) is 11.6 Å². The lowest BCUT2D eigenvalue weighted by molar-refractivity contribution is -0.114. The molecule has 0 saturated heterocycles. The molecular formula is C24H23ClN4O3S2. The molecule has 0 aliphatic carbocycles. The molecule has 1 amide bonds. The van der Waals surface area contributed by atoms with E-state index in [-0.39, 0.29) is 27.2 Å². The van der Waals surface area contributed by atoms with Crippen LogP contribution < -0.4 is 10.0 Å². The van der Waals surface area contributed by atoms with E-state index in [1.807, 2.05) is 30.3 Å². The van der Waals surface area contributed by atoms with E-state index in [0.717, 1.165) is 21.3 Å². The van der Waals surface area contributed by atoms with Crippen LogP contribution in [0.15, 0.2) is 59.5 Å². The zero-order chi connectivity index (χ0) is 24.7. The van der Waals surface area contributed by atoms with E-state index < -0.39 is 10.0 Å². The van der Waals surface area contributed by atoms with Crippen molar-refractivity contribution in [1.29, 1.82) is 0 Å². The molecule has 176 valence electrons. The van der Waals surface area contributed by atoms with Crippen LogP contribution in [0.3, 0.4) is 0 Å². The van der Waals surface area contributed by atoms with Crippen LogP contribution in [0.2, 0.25) is 5.15 Å². The average Bonchev–Trinajstić information content (AvgIpc) is 3.13. The van der Waals surface area contributed by atoms with Gasteiger partial charge < -0.3 is 5.32 Å². The van der Waals surface area contributed by atoms with Crippen molar-refractivity contribution >= 4 is 60.0 Å². The van der Waals surface area contributed by atoms with E-state index in [2.05, 4.69) is 40.8 Å². The van der Waals surface area contributed by atoms with Gasteiger partial charge in [0.05, 0.1) is 15.1 Å². The van der Waals surface area contributed by atoms with Crippen molar-refractivity contribution in [2.45, 2.75) is 38.0 Å². The van der Waals surface area contributed by atoms with Crippen LogP contribution >= 0.6 is 22.9 Å². The van der Waals surface area contributed by atoms with Gasteiger partial charge in [-0.3, -0.25) is 9.52 Å². The van der Waals surface area contributed by atoms with Crippen molar-refractivity contribution in [3.8, 4) is 11.1 Å². The number of aromatic nitrogens is 2. The third kappa shape index (κ3) is 5.22. The lowest BCUT2D eigenvalue weighted by atomic mass is 9.87. The number of amides is 1. The summed E-state index contributed by atoms with van der Waals surface area (Å²) in [7, 11) is -3.90. The molecule has 2 aromatic carbocycles. The Morgan fingerprint density at radius 3 is 2.35 bits per heavy atom. The minimum Gasteiger partial charge on any atom is -0.302 e. The Balaban J connectivity index is 1.70. The molecule has 0 aliphatic heterocycles. The highest BCUT2D eigenvalue weighted by Gasteiger charge is 2.20. The Morgan fingerprint density at radius 1 is 1.00 bits per heavy atom. The number of hydrogen-bond donors (Lipinski definition) is 2. The van der Waals surface area contributed by atoms with Crippen LogP contribution in [0, 0.1) is 0 Å². The van der Waals surface area contributed by atoms with Gasteiger partial charge in [-0.1, -0.05) is 61.9 Å². The molecule has 0 saturated carbocycles. The molecule has 2 N–H and O–H groups in total. The first-order chi connectivity index (χ1) is 15.9. The fraction of sp³-hybridized carbons (Fsp3) is 0.208. The third-order valence-electron chi connectivity index (χ3n) is 5.11. The van der Waals surface area contributed by atoms with Crippen LogP contribution in [0.1, 0.15) is 33.3 Å². The quantitative estimate of drug-likeness (QED) is 0.315. The number of hydrogen-bond acceptors (Lipinski definition) is 6. The van der Waals surface area contributed by atoms with Gasteiger partial charge in [-0.15, -0.1) is 0 Å². The van der Waals surface area contributed by atoms with Crippen molar-refractivity contribution in [1.82, 2.24) is 9.97 Å². The largest absolute Gasteiger partial charge is 0.302 e. The highest BCUT2D eigenvalue weighted by molar-refractivity contribution is 7.92. The second kappa shape index (κ2) is 8.98. The fourth-order valence-corrected chi connectivity index (χ4v) is 5.48. The Labute approximate surface area is 207 Å². The number of pyridine rings is 1. The summed E-state index contributed by atoms with van der Waals surface area (Å²) >= 11 is 7.43. The predicted molar refractivity (Wildman–Crippen MR) is 138 cm³/mol. The van der Waals surface area contributed by atoms with Crippen LogP contribution in [0.4, 0.5) is 10.9 Å². The molecule has 7 nitrogen and oxygen atoms in total. The lowest BCUT2D eigenvalue weighted by Crippen LogP contribution is -2.16. The van der Waals surface area contributed by atoms with Crippen LogP contribution in [0.25, 0.3) is 21.3 Å². The normalized spacial score (nSPS) is 12.0. The van der Waals surface area contributed by atoms with Crippen molar-refractivity contribution in [3.63, 3.8) is 0 Å². The Kier molecular flexibility index (Phi) is 6.37. The molecule has 2 aromatic heterocycles. The Bertz CT molecular complexity index is 1490. The first-order valence-electron chi connectivity index (χ1n) is 10.4. The summed E-state index contributed by atoms with van der Waals surface area (Å²) in [5, 5.41) is 3.34. The van der Waals surface area contributed by atoms with E-state index in [1.165, 1.54) is 18.3 Å². The van der Waals surface area contributed by atoms with Gasteiger partial charge in [0, 0.05) is 12.5 Å². The maximum atomic E-state index is 13.1. The number of sulfonamides is 1. The second-order valence-electron chi connectivity index (χ2n) is 8.79. The molecule has 0 fully saturated rings. The van der Waals surface area contributed by atoms with Crippen molar-refractivity contribution < 1.29 is 13.2 Å². The maximum absolute atomic E-state index is 13.1. The van der Waals surface area contributed by atoms with Gasteiger partial charge >= 0.3 is 0 Å². The van der Waals surface area contributed by atoms with Gasteiger partial charge in [0.1, 0.15) is 11.0 Å². The molecule has 0 atom stereocenters. The first kappa shape index (κ1) is 24.1. The number of fused-ring (bicyclic) bond motifs is 1. The van der Waals surface area contributed by atoms with Gasteiger partial charge in [-0.25, -0.2) is 18.4 Å². The van der Waals surface area contributed by atoms with Crippen molar-refractivity contribution in [3.05, 3.63) is 65.3 Å². The Morgan fingerprint density at radius 2 is 1.71 bits per heavy atom. The number of nitrogens with zero attached hydrogens (tertiary/aromatic N) is 2. The molecule has 0 unspecified atom stereocenters. The molecule has 10 heteroatoms. The minimum atomic E-state index is -3.90. The van der Waals surface area contributed by atoms with Gasteiger partial charge in [0.2, 0.25) is 5.91 Å². The summed E-state index contributed by atoms with van der Waals surface area (Å²) in [6.07, 6.45) is 0. The minimum absolute atomic E-state index is 0.0908. The van der Waals surface area contributed by atoms with Crippen LogP contribution in [-0.2, 0) is 20.2 Å². The number of halogens is 1. The smallest absolute Gasteiger partial charge is 0.263 e. The first-order valence-corrected chi connectivity index (χ1v) is 13.1. The summed E-state index contributed by atoms with van der Waals surface area (Å²) in [6.45, 7) is 7.62. The van der Waals surface area contributed by atoms with Crippen molar-refractivity contribution in [2.75, 3.05) is 10.0 Å². The standard InChI is InChI=1S/C24H23ClN4O3S2/c1-14(30)26-23-27-19-11-5-15(13-20(19)33-23)18-10-12-21(25)28-22(18)29-34(31,32)17-8-6-16(7-9-17)24(2,3)4/h5-13H,1-4H3,(H,28,29)(H,26,27,30). The molecule has 4 rings (SSSR count). The van der Waals surface area contributed by atoms with E-state index in [1.54, 1.807) is 24.3 Å². The van der Waals surface area contributed by atoms with Crippen molar-refractivity contribution in [2.24, 2.45) is 0 Å². The monoisotopic (exact) mass is 514 g/mol. The molecule has 0 spiro atoms. The molecular weight excluding hydrogens is 492 g/mol. The van der Waals surface area contributed by atoms with Gasteiger partial charge in [0.15, 0.2) is 5.13 Å². The van der Waals surface area contributed by atoms with Crippen LogP contribution in [0.5, 0.6) is 0 Å². The molecule has 0 bridgehead atoms. The Hall–Kier alpha value is -3.01. The van der Waals surface area contributed by atoms with E-state index in [0.29, 0.717) is 10.7 Å². The SMILES string of the molecule is CC(=O)Nc1nc2ccc(-c3ccc(Cl)nc3NS(=O)(=O)c3ccc(C(C)(C)C)cc3)cc2s1. The zero-order valence-electron chi connectivity index (χ0n) is 19.0. The molecule has 2 heterocycles. The summed E-state index contributed by atoms with van der Waals surface area (Å²) in [5.74, 6) is -0.0771. The summed E-state index contributed by atoms with van der Waals surface area (Å²) < 4.78 is 29.7. The predicted octanol–water partition coefficient (Wildman–Crippen LogP) is 6.07. The topological polar surface area (TPSA) is 101 Å². The fourth-order valence-electron chi connectivity index (χ4n) is 3.36. The molecule has 34 heavy (non-hydrogen) atoms. The summed E-state index contributed by atoms with van der Waals surface area (Å²) in [4.78, 5) is 20.1. The van der Waals surface area contributed by atoms with Crippen LogP contribution in [-0.4, -0.2) is 24.3 Å². The highest BCUT2D eigenvalue weighted by Crippen LogP contribution is 2.34. The third-order valence-corrected chi connectivity index (χ3v) is 7.60. The number of rotatable bonds is 5. The molecule has 4 aromatic rings. The summed E-state index contributed by atoms with van der Waals surface area (Å²) in [5.41, 5.74) is 2.96. The average molecular weight is 515 g/mol. The zero-order valence-corrected chi connectivity index (χ0v) is 21.4. The molecule has 0 radical (unpaired) electrons. The number of benzene rings is 2. The van der Waals surface area contributed by atoms with Gasteiger partial charge in [-0.05, 0) is 52.9 Å². The van der Waals surface area contributed by atoms with E-state index >= 15 is 0 Å². The summed E-state index contributed by atoms with van der Waals surface area (Å²) in [6, 6.07) is 15.6. The second-order valence-corrected chi connectivity index (χ2v) is 11.9.